The van der Waals surface area contributed by atoms with Crippen molar-refractivity contribution in [2.24, 2.45) is 0 Å². The largest absolute Gasteiger partial charge is 0.424 e. The Morgan fingerprint density at radius 1 is 1.15 bits per heavy atom. The Kier molecular flexibility index (Phi) is 5.46. The smallest absolute Gasteiger partial charge is 0.321 e. The van der Waals surface area contributed by atoms with Gasteiger partial charge in [0.1, 0.15) is 5.75 Å². The molecule has 20 heavy (non-hydrogen) atoms. The molecule has 0 saturated heterocycles. The summed E-state index contributed by atoms with van der Waals surface area (Å²) in [4.78, 5) is 8.42. The van der Waals surface area contributed by atoms with Crippen molar-refractivity contribution in [3.63, 3.8) is 0 Å². The Hall–Kier alpha value is -1.98. The monoisotopic (exact) mass is 273 g/mol. The Morgan fingerprint density at radius 3 is 2.60 bits per heavy atom. The van der Waals surface area contributed by atoms with E-state index >= 15 is 0 Å². The van der Waals surface area contributed by atoms with Crippen molar-refractivity contribution in [2.75, 3.05) is 20.3 Å². The van der Waals surface area contributed by atoms with E-state index < -0.39 is 0 Å². The first-order chi connectivity index (χ1) is 9.79. The molecule has 0 atom stereocenters. The number of benzene rings is 1. The predicted molar refractivity (Wildman–Crippen MR) is 76.9 cm³/mol. The number of methoxy groups -OCH3 is 1. The molecule has 106 valence electrons. The van der Waals surface area contributed by atoms with Crippen LogP contribution in [0.15, 0.2) is 36.7 Å². The number of nitrogens with zero attached hydrogens (tertiary/aromatic N) is 2. The number of hydrogen-bond donors (Lipinski definition) is 1. The number of aromatic nitrogens is 2. The molecule has 5 nitrogen and oxygen atoms in total. The number of aryl methyl sites for hydroxylation is 1. The molecule has 0 spiro atoms. The molecule has 1 N–H and O–H groups in total. The lowest BCUT2D eigenvalue weighted by atomic mass is 10.2. The molecule has 0 saturated carbocycles. The summed E-state index contributed by atoms with van der Waals surface area (Å²) in [6.07, 6.45) is 3.53. The first-order valence-corrected chi connectivity index (χ1v) is 6.53. The fraction of sp³-hybridized carbons (Fsp3) is 0.333. The number of nitrogens with one attached hydrogen (secondary N) is 1. The molecule has 0 bridgehead atoms. The third-order valence-electron chi connectivity index (χ3n) is 2.79. The number of ether oxygens (including phenoxy) is 2. The highest BCUT2D eigenvalue weighted by molar-refractivity contribution is 5.33. The van der Waals surface area contributed by atoms with E-state index in [1.165, 1.54) is 0 Å². The lowest BCUT2D eigenvalue weighted by Crippen LogP contribution is -2.18. The van der Waals surface area contributed by atoms with Gasteiger partial charge in [-0.15, -0.1) is 0 Å². The van der Waals surface area contributed by atoms with Crippen molar-refractivity contribution < 1.29 is 9.47 Å². The van der Waals surface area contributed by atoms with E-state index in [4.69, 9.17) is 9.47 Å². The quantitative estimate of drug-likeness (QED) is 0.785. The van der Waals surface area contributed by atoms with Crippen LogP contribution in [0.1, 0.15) is 11.1 Å². The van der Waals surface area contributed by atoms with E-state index in [1.54, 1.807) is 19.5 Å². The minimum atomic E-state index is 0.361. The van der Waals surface area contributed by atoms with E-state index in [0.717, 1.165) is 23.4 Å². The molecule has 0 fully saturated rings. The third-order valence-corrected chi connectivity index (χ3v) is 2.79. The van der Waals surface area contributed by atoms with Crippen LogP contribution >= 0.6 is 0 Å². The summed E-state index contributed by atoms with van der Waals surface area (Å²) in [5.41, 5.74) is 2.07. The zero-order valence-electron chi connectivity index (χ0n) is 11.8. The molecule has 1 heterocycles. The van der Waals surface area contributed by atoms with Crippen LogP contribution in [0.3, 0.4) is 0 Å². The Labute approximate surface area is 119 Å². The first-order valence-electron chi connectivity index (χ1n) is 6.53. The van der Waals surface area contributed by atoms with Gasteiger partial charge in [-0.3, -0.25) is 0 Å². The fourth-order valence-electron chi connectivity index (χ4n) is 1.66. The van der Waals surface area contributed by atoms with Crippen molar-refractivity contribution in [3.8, 4) is 11.8 Å². The van der Waals surface area contributed by atoms with E-state index in [1.807, 2.05) is 31.2 Å². The van der Waals surface area contributed by atoms with Crippen LogP contribution in [0, 0.1) is 6.92 Å². The lowest BCUT2D eigenvalue weighted by Gasteiger charge is -2.07. The third kappa shape index (κ3) is 4.29. The van der Waals surface area contributed by atoms with Gasteiger partial charge in [0.2, 0.25) is 0 Å². The number of rotatable bonds is 7. The Bertz CT molecular complexity index is 529. The van der Waals surface area contributed by atoms with Crippen molar-refractivity contribution in [1.29, 1.82) is 0 Å². The summed E-state index contributed by atoms with van der Waals surface area (Å²) in [5.74, 6) is 0.776. The zero-order valence-corrected chi connectivity index (χ0v) is 11.8. The van der Waals surface area contributed by atoms with Crippen molar-refractivity contribution >= 4 is 0 Å². The maximum Gasteiger partial charge on any atom is 0.321 e. The van der Waals surface area contributed by atoms with Crippen molar-refractivity contribution in [1.82, 2.24) is 15.3 Å². The van der Waals surface area contributed by atoms with E-state index in [0.29, 0.717) is 19.2 Å². The number of para-hydroxylation sites is 1. The zero-order chi connectivity index (χ0) is 14.2. The lowest BCUT2D eigenvalue weighted by molar-refractivity contribution is 0.199. The van der Waals surface area contributed by atoms with Crippen LogP contribution in [-0.2, 0) is 11.3 Å². The molecule has 1 aromatic carbocycles. The summed E-state index contributed by atoms with van der Waals surface area (Å²) in [6.45, 7) is 4.20. The van der Waals surface area contributed by atoms with Gasteiger partial charge in [0.15, 0.2) is 0 Å². The second-order valence-electron chi connectivity index (χ2n) is 4.41. The highest BCUT2D eigenvalue weighted by Gasteiger charge is 2.03. The van der Waals surface area contributed by atoms with Crippen LogP contribution < -0.4 is 10.1 Å². The van der Waals surface area contributed by atoms with E-state index in [-0.39, 0.29) is 0 Å². The first kappa shape index (κ1) is 14.4. The SMILES string of the molecule is COCCNCc1cnc(Oc2ccccc2C)nc1. The summed E-state index contributed by atoms with van der Waals surface area (Å²) >= 11 is 0. The molecule has 5 heteroatoms. The maximum atomic E-state index is 5.64. The highest BCUT2D eigenvalue weighted by atomic mass is 16.5. The van der Waals surface area contributed by atoms with Gasteiger partial charge < -0.3 is 14.8 Å². The molecule has 1 aromatic heterocycles. The molecular weight excluding hydrogens is 254 g/mol. The maximum absolute atomic E-state index is 5.64. The standard InChI is InChI=1S/C15H19N3O2/c1-12-5-3-4-6-14(12)20-15-17-10-13(11-18-15)9-16-7-8-19-2/h3-6,10-11,16H,7-9H2,1-2H3. The normalized spacial score (nSPS) is 10.5. The predicted octanol–water partition coefficient (Wildman–Crippen LogP) is 2.31. The van der Waals surface area contributed by atoms with Crippen LogP contribution in [0.2, 0.25) is 0 Å². The van der Waals surface area contributed by atoms with Crippen molar-refractivity contribution in [3.05, 3.63) is 47.8 Å². The van der Waals surface area contributed by atoms with Gasteiger partial charge in [0.05, 0.1) is 6.61 Å². The molecule has 0 radical (unpaired) electrons. The van der Waals surface area contributed by atoms with Gasteiger partial charge in [-0.2, -0.15) is 0 Å². The summed E-state index contributed by atoms with van der Waals surface area (Å²) in [5, 5.41) is 3.24. The minimum absolute atomic E-state index is 0.361. The summed E-state index contributed by atoms with van der Waals surface area (Å²) < 4.78 is 10.6. The molecule has 0 unspecified atom stereocenters. The van der Waals surface area contributed by atoms with Crippen LogP contribution in [-0.4, -0.2) is 30.2 Å². The minimum Gasteiger partial charge on any atom is -0.424 e. The van der Waals surface area contributed by atoms with Gasteiger partial charge in [0, 0.05) is 38.2 Å². The molecule has 2 aromatic rings. The van der Waals surface area contributed by atoms with Gasteiger partial charge in [-0.25, -0.2) is 9.97 Å². The van der Waals surface area contributed by atoms with E-state index in [9.17, 15) is 0 Å². The highest BCUT2D eigenvalue weighted by Crippen LogP contribution is 2.21. The van der Waals surface area contributed by atoms with Crippen molar-refractivity contribution in [2.45, 2.75) is 13.5 Å². The summed E-state index contributed by atoms with van der Waals surface area (Å²) in [6, 6.07) is 8.15. The summed E-state index contributed by atoms with van der Waals surface area (Å²) in [7, 11) is 1.68. The van der Waals surface area contributed by atoms with Crippen LogP contribution in [0.25, 0.3) is 0 Å². The Morgan fingerprint density at radius 2 is 1.90 bits per heavy atom. The molecule has 0 aliphatic rings. The van der Waals surface area contributed by atoms with Crippen LogP contribution in [0.5, 0.6) is 11.8 Å². The topological polar surface area (TPSA) is 56.3 Å². The van der Waals surface area contributed by atoms with Gasteiger partial charge in [-0.05, 0) is 18.6 Å². The molecular formula is C15H19N3O2. The van der Waals surface area contributed by atoms with E-state index in [2.05, 4.69) is 15.3 Å². The average molecular weight is 273 g/mol. The second kappa shape index (κ2) is 7.57. The molecule has 0 amide bonds. The molecule has 2 rings (SSSR count). The van der Waals surface area contributed by atoms with Gasteiger partial charge >= 0.3 is 6.01 Å². The van der Waals surface area contributed by atoms with Crippen LogP contribution in [0.4, 0.5) is 0 Å². The van der Waals surface area contributed by atoms with Gasteiger partial charge in [-0.1, -0.05) is 18.2 Å². The second-order valence-corrected chi connectivity index (χ2v) is 4.41. The Balaban J connectivity index is 1.90. The molecule has 0 aliphatic heterocycles. The molecule has 0 aliphatic carbocycles. The van der Waals surface area contributed by atoms with Gasteiger partial charge in [0.25, 0.3) is 0 Å². The average Bonchev–Trinajstić information content (AvgIpc) is 2.48. The number of hydrogen-bond acceptors (Lipinski definition) is 5. The fourth-order valence-corrected chi connectivity index (χ4v) is 1.66.